The first-order chi connectivity index (χ1) is 12.6. The van der Waals surface area contributed by atoms with Gasteiger partial charge in [0.15, 0.2) is 0 Å². The predicted octanol–water partition coefficient (Wildman–Crippen LogP) is 4.59. The van der Waals surface area contributed by atoms with Crippen LogP contribution in [-0.4, -0.2) is 22.6 Å². The molecule has 0 unspecified atom stereocenters. The number of rotatable bonds is 5. The second-order valence-corrected chi connectivity index (χ2v) is 6.85. The molecule has 0 aliphatic carbocycles. The van der Waals surface area contributed by atoms with Gasteiger partial charge in [-0.1, -0.05) is 47.9 Å². The molecule has 1 heterocycles. The Morgan fingerprint density at radius 2 is 1.88 bits per heavy atom. The maximum absolute atomic E-state index is 12.3. The number of imide groups is 1. The number of carbonyl (C=O) groups excluding carboxylic acids is 2. The first kappa shape index (κ1) is 18.1. The zero-order valence-corrected chi connectivity index (χ0v) is 15.2. The van der Waals surface area contributed by atoms with Gasteiger partial charge >= 0.3 is 0 Å². The molecule has 0 radical (unpaired) electrons. The zero-order chi connectivity index (χ0) is 18.5. The molecule has 0 saturated carbocycles. The van der Waals surface area contributed by atoms with Crippen LogP contribution in [0.25, 0.3) is 6.08 Å². The molecule has 0 aromatic heterocycles. The maximum Gasteiger partial charge on any atom is 0.294 e. The quantitative estimate of drug-likeness (QED) is 0.559. The van der Waals surface area contributed by atoms with Gasteiger partial charge in [0.05, 0.1) is 11.4 Å². The van der Waals surface area contributed by atoms with Crippen LogP contribution in [-0.2, 0) is 11.4 Å². The second kappa shape index (κ2) is 8.13. The molecule has 26 heavy (non-hydrogen) atoms. The minimum Gasteiger partial charge on any atom is -0.488 e. The van der Waals surface area contributed by atoms with Crippen LogP contribution < -0.4 is 4.74 Å². The van der Waals surface area contributed by atoms with Gasteiger partial charge in [-0.05, 0) is 41.6 Å². The van der Waals surface area contributed by atoms with Crippen molar-refractivity contribution >= 4 is 40.6 Å². The molecule has 0 spiro atoms. The lowest BCUT2D eigenvalue weighted by atomic mass is 10.1. The lowest BCUT2D eigenvalue weighted by Gasteiger charge is -2.10. The Morgan fingerprint density at radius 3 is 2.62 bits per heavy atom. The molecule has 1 aliphatic heterocycles. The van der Waals surface area contributed by atoms with Crippen molar-refractivity contribution in [3.8, 4) is 18.1 Å². The average Bonchev–Trinajstić information content (AvgIpc) is 2.90. The molecule has 2 amide bonds. The highest BCUT2D eigenvalue weighted by molar-refractivity contribution is 8.18. The Bertz CT molecular complexity index is 915. The normalized spacial score (nSPS) is 15.4. The predicted molar refractivity (Wildman–Crippen MR) is 104 cm³/mol. The van der Waals surface area contributed by atoms with Gasteiger partial charge in [0.2, 0.25) is 0 Å². The Hall–Kier alpha value is -2.68. The molecule has 130 valence electrons. The second-order valence-electron chi connectivity index (χ2n) is 5.42. The van der Waals surface area contributed by atoms with Crippen LogP contribution in [0.5, 0.6) is 5.75 Å². The molecule has 3 rings (SSSR count). The Labute approximate surface area is 160 Å². The van der Waals surface area contributed by atoms with E-state index in [2.05, 4.69) is 5.92 Å². The summed E-state index contributed by atoms with van der Waals surface area (Å²) in [5, 5.41) is 0.301. The molecule has 6 heteroatoms. The van der Waals surface area contributed by atoms with Gasteiger partial charge in [0, 0.05) is 10.6 Å². The van der Waals surface area contributed by atoms with E-state index in [4.69, 9.17) is 22.8 Å². The van der Waals surface area contributed by atoms with Crippen LogP contribution in [0.2, 0.25) is 5.02 Å². The number of thioether (sulfide) groups is 1. The largest absolute Gasteiger partial charge is 0.488 e. The fourth-order valence-electron chi connectivity index (χ4n) is 2.34. The van der Waals surface area contributed by atoms with Crippen molar-refractivity contribution in [1.29, 1.82) is 0 Å². The SMILES string of the molecule is C#CCN1C(=O)SC(=Cc2ccccc2OCc2ccc(Cl)cc2)C1=O. The summed E-state index contributed by atoms with van der Waals surface area (Å²) >= 11 is 6.76. The number of para-hydroxylation sites is 1. The van der Waals surface area contributed by atoms with E-state index in [1.54, 1.807) is 18.2 Å². The number of benzene rings is 2. The van der Waals surface area contributed by atoms with Crippen LogP contribution in [0.4, 0.5) is 4.79 Å². The number of nitrogens with zero attached hydrogens (tertiary/aromatic N) is 1. The number of halogens is 1. The number of amides is 2. The lowest BCUT2D eigenvalue weighted by molar-refractivity contribution is -0.122. The molecule has 0 bridgehead atoms. The topological polar surface area (TPSA) is 46.6 Å². The zero-order valence-electron chi connectivity index (χ0n) is 13.6. The first-order valence-corrected chi connectivity index (χ1v) is 8.93. The van der Waals surface area contributed by atoms with Crippen LogP contribution in [0.3, 0.4) is 0 Å². The molecule has 0 N–H and O–H groups in total. The fourth-order valence-corrected chi connectivity index (χ4v) is 3.30. The molecule has 2 aromatic carbocycles. The van der Waals surface area contributed by atoms with Crippen molar-refractivity contribution in [3.63, 3.8) is 0 Å². The van der Waals surface area contributed by atoms with Crippen molar-refractivity contribution in [3.05, 3.63) is 69.6 Å². The standard InChI is InChI=1S/C20H14ClNO3S/c1-2-11-22-19(23)18(26-20(22)24)12-15-5-3-4-6-17(15)25-13-14-7-9-16(21)10-8-14/h1,3-10,12H,11,13H2. The van der Waals surface area contributed by atoms with Crippen LogP contribution in [0, 0.1) is 12.3 Å². The Morgan fingerprint density at radius 1 is 1.15 bits per heavy atom. The summed E-state index contributed by atoms with van der Waals surface area (Å²) in [5.74, 6) is 2.55. The minimum absolute atomic E-state index is 0.0310. The van der Waals surface area contributed by atoms with Gasteiger partial charge in [-0.2, -0.15) is 0 Å². The Balaban J connectivity index is 1.79. The van der Waals surface area contributed by atoms with Gasteiger partial charge in [-0.15, -0.1) is 6.42 Å². The minimum atomic E-state index is -0.384. The van der Waals surface area contributed by atoms with E-state index in [0.717, 1.165) is 22.2 Å². The van der Waals surface area contributed by atoms with Crippen molar-refractivity contribution < 1.29 is 14.3 Å². The van der Waals surface area contributed by atoms with E-state index in [0.29, 0.717) is 27.8 Å². The number of hydrogen-bond acceptors (Lipinski definition) is 4. The number of ether oxygens (including phenoxy) is 1. The summed E-state index contributed by atoms with van der Waals surface area (Å²) < 4.78 is 5.87. The van der Waals surface area contributed by atoms with Crippen LogP contribution >= 0.6 is 23.4 Å². The summed E-state index contributed by atoms with van der Waals surface area (Å²) in [6.07, 6.45) is 6.86. The highest BCUT2D eigenvalue weighted by Crippen LogP contribution is 2.33. The molecule has 2 aromatic rings. The summed E-state index contributed by atoms with van der Waals surface area (Å²) in [7, 11) is 0. The van der Waals surface area contributed by atoms with Crippen LogP contribution in [0.1, 0.15) is 11.1 Å². The highest BCUT2D eigenvalue weighted by Gasteiger charge is 2.34. The summed E-state index contributed by atoms with van der Waals surface area (Å²) in [6, 6.07) is 14.7. The van der Waals surface area contributed by atoms with Gasteiger partial charge in [-0.25, -0.2) is 0 Å². The summed E-state index contributed by atoms with van der Waals surface area (Å²) in [4.78, 5) is 25.6. The van der Waals surface area contributed by atoms with Gasteiger partial charge < -0.3 is 4.74 Å². The molecule has 1 aliphatic rings. The van der Waals surface area contributed by atoms with E-state index in [1.807, 2.05) is 36.4 Å². The maximum atomic E-state index is 12.3. The van der Waals surface area contributed by atoms with E-state index < -0.39 is 0 Å². The lowest BCUT2D eigenvalue weighted by Crippen LogP contribution is -2.28. The number of carbonyl (C=O) groups is 2. The third-order valence-electron chi connectivity index (χ3n) is 3.64. The molecular weight excluding hydrogens is 370 g/mol. The summed E-state index contributed by atoms with van der Waals surface area (Å²) in [5.41, 5.74) is 1.69. The third kappa shape index (κ3) is 4.10. The monoisotopic (exact) mass is 383 g/mol. The van der Waals surface area contributed by atoms with Gasteiger partial charge in [-0.3, -0.25) is 14.5 Å². The van der Waals surface area contributed by atoms with E-state index in [9.17, 15) is 9.59 Å². The molecule has 0 atom stereocenters. The first-order valence-electron chi connectivity index (χ1n) is 7.73. The number of hydrogen-bond donors (Lipinski definition) is 0. The number of terminal acetylenes is 1. The fraction of sp³-hybridized carbons (Fsp3) is 0.100. The van der Waals surface area contributed by atoms with Crippen molar-refractivity contribution in [2.24, 2.45) is 0 Å². The third-order valence-corrected chi connectivity index (χ3v) is 4.80. The van der Waals surface area contributed by atoms with E-state index in [-0.39, 0.29) is 17.7 Å². The molecule has 1 fully saturated rings. The molecule has 4 nitrogen and oxygen atoms in total. The van der Waals surface area contributed by atoms with Crippen molar-refractivity contribution in [2.75, 3.05) is 6.54 Å². The van der Waals surface area contributed by atoms with E-state index in [1.165, 1.54) is 0 Å². The van der Waals surface area contributed by atoms with Gasteiger partial charge in [0.1, 0.15) is 12.4 Å². The Kier molecular flexibility index (Phi) is 5.67. The molecule has 1 saturated heterocycles. The van der Waals surface area contributed by atoms with Crippen molar-refractivity contribution in [2.45, 2.75) is 6.61 Å². The van der Waals surface area contributed by atoms with Crippen LogP contribution in [0.15, 0.2) is 53.4 Å². The van der Waals surface area contributed by atoms with E-state index >= 15 is 0 Å². The summed E-state index contributed by atoms with van der Waals surface area (Å²) in [6.45, 7) is 0.331. The molecular formula is C20H14ClNO3S. The van der Waals surface area contributed by atoms with Crippen molar-refractivity contribution in [1.82, 2.24) is 4.90 Å². The highest BCUT2D eigenvalue weighted by atomic mass is 35.5. The van der Waals surface area contributed by atoms with Gasteiger partial charge in [0.25, 0.3) is 11.1 Å². The average molecular weight is 384 g/mol. The smallest absolute Gasteiger partial charge is 0.294 e.